The van der Waals surface area contributed by atoms with Crippen molar-refractivity contribution in [3.8, 4) is 5.69 Å². The molecule has 2 aromatic carbocycles. The lowest BCUT2D eigenvalue weighted by atomic mass is 10.1. The Morgan fingerprint density at radius 1 is 0.967 bits per heavy atom. The molecule has 2 heterocycles. The molecule has 0 aliphatic carbocycles. The fourth-order valence-corrected chi connectivity index (χ4v) is 3.87. The molecule has 0 saturated heterocycles. The number of nitrogens with one attached hydrogen (secondary N) is 3. The van der Waals surface area contributed by atoms with Gasteiger partial charge in [-0.3, -0.25) is 20.4 Å². The predicted molar refractivity (Wildman–Crippen MR) is 118 cm³/mol. The van der Waals surface area contributed by atoms with Crippen molar-refractivity contribution in [3.05, 3.63) is 88.9 Å². The van der Waals surface area contributed by atoms with Crippen LogP contribution in [0.5, 0.6) is 0 Å². The largest absolute Gasteiger partial charge is 0.361 e. The lowest BCUT2D eigenvalue weighted by molar-refractivity contribution is -0.121. The van der Waals surface area contributed by atoms with Crippen molar-refractivity contribution in [2.24, 2.45) is 0 Å². The average Bonchev–Trinajstić information content (AvgIpc) is 3.27. The number of H-pyrrole nitrogens is 1. The molecule has 0 aliphatic rings. The first-order valence-electron chi connectivity index (χ1n) is 9.85. The number of hydrazine groups is 1. The van der Waals surface area contributed by atoms with E-state index in [2.05, 4.69) is 20.4 Å². The van der Waals surface area contributed by atoms with Crippen LogP contribution in [-0.2, 0) is 11.2 Å². The Morgan fingerprint density at radius 3 is 2.50 bits per heavy atom. The summed E-state index contributed by atoms with van der Waals surface area (Å²) in [6.07, 6.45) is 1.99. The van der Waals surface area contributed by atoms with Crippen molar-refractivity contribution < 1.29 is 9.59 Å². The van der Waals surface area contributed by atoms with Crippen molar-refractivity contribution in [2.45, 2.75) is 27.2 Å². The second kappa shape index (κ2) is 7.91. The number of hydrogen-bond donors (Lipinski definition) is 3. The summed E-state index contributed by atoms with van der Waals surface area (Å²) in [5.74, 6) is -0.615. The molecule has 30 heavy (non-hydrogen) atoms. The van der Waals surface area contributed by atoms with E-state index < -0.39 is 0 Å². The van der Waals surface area contributed by atoms with E-state index in [0.29, 0.717) is 5.56 Å². The highest BCUT2D eigenvalue weighted by Crippen LogP contribution is 2.23. The van der Waals surface area contributed by atoms with Gasteiger partial charge in [0.05, 0.1) is 12.0 Å². The summed E-state index contributed by atoms with van der Waals surface area (Å²) in [7, 11) is 0. The van der Waals surface area contributed by atoms with Gasteiger partial charge in [-0.15, -0.1) is 0 Å². The predicted octanol–water partition coefficient (Wildman–Crippen LogP) is 3.89. The van der Waals surface area contributed by atoms with E-state index in [1.165, 1.54) is 0 Å². The van der Waals surface area contributed by atoms with Crippen LogP contribution in [0.25, 0.3) is 16.6 Å². The second-order valence-electron chi connectivity index (χ2n) is 7.45. The van der Waals surface area contributed by atoms with Gasteiger partial charge in [0.2, 0.25) is 5.91 Å². The summed E-state index contributed by atoms with van der Waals surface area (Å²) in [5, 5.41) is 1.00. The van der Waals surface area contributed by atoms with Crippen molar-refractivity contribution >= 4 is 22.7 Å². The van der Waals surface area contributed by atoms with Crippen molar-refractivity contribution in [1.82, 2.24) is 20.4 Å². The number of hydrogen-bond acceptors (Lipinski definition) is 2. The highest BCUT2D eigenvalue weighted by molar-refractivity contribution is 5.97. The van der Waals surface area contributed by atoms with Crippen molar-refractivity contribution in [3.63, 3.8) is 0 Å². The van der Waals surface area contributed by atoms with Gasteiger partial charge in [-0.2, -0.15) is 0 Å². The van der Waals surface area contributed by atoms with Crippen LogP contribution in [0.15, 0.2) is 60.8 Å². The molecule has 0 atom stereocenters. The molecule has 2 aromatic heterocycles. The Labute approximate surface area is 174 Å². The van der Waals surface area contributed by atoms with Crippen LogP contribution in [0.3, 0.4) is 0 Å². The minimum Gasteiger partial charge on any atom is -0.361 e. The molecule has 0 unspecified atom stereocenters. The van der Waals surface area contributed by atoms with Crippen LogP contribution in [0.2, 0.25) is 0 Å². The molecule has 6 heteroatoms. The highest BCUT2D eigenvalue weighted by Gasteiger charge is 2.18. The third-order valence-corrected chi connectivity index (χ3v) is 5.37. The number of nitrogens with zero attached hydrogens (tertiary/aromatic N) is 1. The monoisotopic (exact) mass is 400 g/mol. The number of rotatable bonds is 4. The molecule has 4 aromatic rings. The summed E-state index contributed by atoms with van der Waals surface area (Å²) < 4.78 is 2.05. The van der Waals surface area contributed by atoms with Crippen LogP contribution in [0, 0.1) is 20.8 Å². The molecule has 2 amide bonds. The molecule has 152 valence electrons. The summed E-state index contributed by atoms with van der Waals surface area (Å²) in [6, 6.07) is 17.7. The summed E-state index contributed by atoms with van der Waals surface area (Å²) in [6.45, 7) is 5.91. The van der Waals surface area contributed by atoms with Crippen molar-refractivity contribution in [1.29, 1.82) is 0 Å². The van der Waals surface area contributed by atoms with Gasteiger partial charge in [-0.1, -0.05) is 36.4 Å². The fraction of sp³-hybridized carbons (Fsp3) is 0.167. The number of aromatic nitrogens is 2. The molecule has 0 radical (unpaired) electrons. The normalized spacial score (nSPS) is 10.9. The van der Waals surface area contributed by atoms with E-state index in [4.69, 9.17) is 0 Å². The highest BCUT2D eigenvalue weighted by atomic mass is 16.2. The third kappa shape index (κ3) is 3.59. The SMILES string of the molecule is Cc1ccccc1-n1c(C)cc(C(=O)NNC(=O)Cc2c[nH]c3ccccc23)c1C. The van der Waals surface area contributed by atoms with Crippen LogP contribution in [0.4, 0.5) is 0 Å². The maximum absolute atomic E-state index is 12.7. The van der Waals surface area contributed by atoms with Crippen molar-refractivity contribution in [2.75, 3.05) is 0 Å². The number of aromatic amines is 1. The molecule has 0 saturated carbocycles. The smallest absolute Gasteiger partial charge is 0.271 e. The number of benzene rings is 2. The van der Waals surface area contributed by atoms with E-state index in [0.717, 1.165) is 39.1 Å². The molecular weight excluding hydrogens is 376 g/mol. The molecule has 0 aliphatic heterocycles. The minimum atomic E-state index is -0.338. The van der Waals surface area contributed by atoms with E-state index in [1.54, 1.807) is 0 Å². The Balaban J connectivity index is 1.46. The Bertz CT molecular complexity index is 1250. The van der Waals surface area contributed by atoms with Crippen LogP contribution in [-0.4, -0.2) is 21.4 Å². The van der Waals surface area contributed by atoms with Crippen LogP contribution in [0.1, 0.15) is 32.9 Å². The number of fused-ring (bicyclic) bond motifs is 1. The molecule has 4 rings (SSSR count). The van der Waals surface area contributed by atoms with E-state index in [-0.39, 0.29) is 18.2 Å². The van der Waals surface area contributed by atoms with Gasteiger partial charge >= 0.3 is 0 Å². The molecule has 0 fully saturated rings. The molecule has 0 bridgehead atoms. The second-order valence-corrected chi connectivity index (χ2v) is 7.45. The van der Waals surface area contributed by atoms with Gasteiger partial charge in [-0.25, -0.2) is 0 Å². The number of amides is 2. The Hall–Kier alpha value is -3.80. The lowest BCUT2D eigenvalue weighted by Crippen LogP contribution is -2.42. The number of carbonyl (C=O) groups is 2. The third-order valence-electron chi connectivity index (χ3n) is 5.37. The summed E-state index contributed by atoms with van der Waals surface area (Å²) in [4.78, 5) is 28.2. The number of para-hydroxylation sites is 2. The zero-order valence-corrected chi connectivity index (χ0v) is 17.2. The zero-order chi connectivity index (χ0) is 21.3. The maximum Gasteiger partial charge on any atom is 0.271 e. The van der Waals surface area contributed by atoms with Crippen LogP contribution < -0.4 is 10.9 Å². The zero-order valence-electron chi connectivity index (χ0n) is 17.2. The first-order chi connectivity index (χ1) is 14.5. The van der Waals surface area contributed by atoms with E-state index in [9.17, 15) is 9.59 Å². The molecule has 0 spiro atoms. The van der Waals surface area contributed by atoms with E-state index >= 15 is 0 Å². The molecule has 3 N–H and O–H groups in total. The lowest BCUT2D eigenvalue weighted by Gasteiger charge is -2.13. The topological polar surface area (TPSA) is 78.9 Å². The van der Waals surface area contributed by atoms with Gasteiger partial charge in [0.15, 0.2) is 0 Å². The van der Waals surface area contributed by atoms with Crippen LogP contribution >= 0.6 is 0 Å². The summed E-state index contributed by atoms with van der Waals surface area (Å²) in [5.41, 5.74) is 11.4. The van der Waals surface area contributed by atoms with Gasteiger partial charge in [0.1, 0.15) is 0 Å². The molecular formula is C24H24N4O2. The number of aryl methyl sites for hydroxylation is 2. The Kier molecular flexibility index (Phi) is 5.14. The average molecular weight is 400 g/mol. The quantitative estimate of drug-likeness (QED) is 0.455. The standard InChI is InChI=1S/C24H24N4O2/c1-15-8-4-7-11-22(15)28-16(2)12-20(17(28)3)24(30)27-26-23(29)13-18-14-25-21-10-6-5-9-19(18)21/h4-12,14,25H,13H2,1-3H3,(H,26,29)(H,27,30). The maximum atomic E-state index is 12.7. The first-order valence-corrected chi connectivity index (χ1v) is 9.85. The van der Waals surface area contributed by atoms with Gasteiger partial charge in [0, 0.05) is 34.2 Å². The Morgan fingerprint density at radius 2 is 1.70 bits per heavy atom. The number of carbonyl (C=O) groups excluding carboxylic acids is 2. The molecule has 6 nitrogen and oxygen atoms in total. The summed E-state index contributed by atoms with van der Waals surface area (Å²) >= 11 is 0. The fourth-order valence-electron chi connectivity index (χ4n) is 3.87. The minimum absolute atomic E-state index is 0.173. The van der Waals surface area contributed by atoms with E-state index in [1.807, 2.05) is 81.6 Å². The first kappa shape index (κ1) is 19.5. The van der Waals surface area contributed by atoms with Gasteiger partial charge in [-0.05, 0) is 50.1 Å². The van der Waals surface area contributed by atoms with Gasteiger partial charge in [0.25, 0.3) is 5.91 Å². The van der Waals surface area contributed by atoms with Gasteiger partial charge < -0.3 is 9.55 Å².